The van der Waals surface area contributed by atoms with Gasteiger partial charge in [0.25, 0.3) is 0 Å². The van der Waals surface area contributed by atoms with E-state index in [0.717, 1.165) is 22.9 Å². The molecule has 3 nitrogen and oxygen atoms in total. The number of hydrogen-bond acceptors (Lipinski definition) is 2. The van der Waals surface area contributed by atoms with Crippen LogP contribution in [0.15, 0.2) is 26.0 Å². The lowest BCUT2D eigenvalue weighted by Crippen LogP contribution is -2.38. The van der Waals surface area contributed by atoms with Crippen molar-refractivity contribution in [2.24, 2.45) is 0 Å². The fourth-order valence-electron chi connectivity index (χ4n) is 2.03. The molecule has 0 atom stereocenters. The largest absolute Gasteiger partial charge is 0.244 e. The average molecular weight is 476 g/mol. The lowest BCUT2D eigenvalue weighted by Gasteiger charge is -2.29. The Morgan fingerprint density at radius 1 is 1.16 bits per heavy atom. The molecule has 7 heteroatoms. The van der Waals surface area contributed by atoms with E-state index in [2.05, 4.69) is 47.8 Å². The second kappa shape index (κ2) is 6.13. The summed E-state index contributed by atoms with van der Waals surface area (Å²) in [5, 5.41) is 0. The van der Waals surface area contributed by atoms with E-state index in [1.54, 1.807) is 10.4 Å². The standard InChI is InChI=1S/C12H14Br3NO2S/c1-8-6-11(15)12(7-10(8)14)19(17,18)16-4-2-9(13)3-5-16/h6-7,9H,2-5H2,1H3. The molecule has 0 aliphatic carbocycles. The third-order valence-corrected chi connectivity index (χ3v) is 7.84. The highest BCUT2D eigenvalue weighted by Crippen LogP contribution is 2.32. The first kappa shape index (κ1) is 15.9. The fraction of sp³-hybridized carbons (Fsp3) is 0.500. The molecule has 0 radical (unpaired) electrons. The summed E-state index contributed by atoms with van der Waals surface area (Å²) in [6, 6.07) is 3.50. The Labute approximate surface area is 139 Å². The molecule has 1 heterocycles. The predicted molar refractivity (Wildman–Crippen MR) is 87.3 cm³/mol. The quantitative estimate of drug-likeness (QED) is 0.605. The molecule has 0 amide bonds. The van der Waals surface area contributed by atoms with Gasteiger partial charge in [-0.1, -0.05) is 31.9 Å². The molecule has 1 saturated heterocycles. The second-order valence-electron chi connectivity index (χ2n) is 4.61. The summed E-state index contributed by atoms with van der Waals surface area (Å²) in [6.07, 6.45) is 1.70. The van der Waals surface area contributed by atoms with Crippen LogP contribution >= 0.6 is 47.8 Å². The van der Waals surface area contributed by atoms with Crippen LogP contribution in [0, 0.1) is 6.92 Å². The molecular weight excluding hydrogens is 462 g/mol. The Hall–Kier alpha value is 0.570. The van der Waals surface area contributed by atoms with Gasteiger partial charge in [0.15, 0.2) is 0 Å². The molecule has 0 aromatic heterocycles. The smallest absolute Gasteiger partial charge is 0.207 e. The van der Waals surface area contributed by atoms with Crippen molar-refractivity contribution in [3.05, 3.63) is 26.6 Å². The van der Waals surface area contributed by atoms with Crippen molar-refractivity contribution >= 4 is 57.8 Å². The molecule has 1 fully saturated rings. The molecule has 0 N–H and O–H groups in total. The molecule has 2 rings (SSSR count). The SMILES string of the molecule is Cc1cc(Br)c(S(=O)(=O)N2CCC(Br)CC2)cc1Br. The molecule has 1 aliphatic heterocycles. The lowest BCUT2D eigenvalue weighted by atomic mass is 10.2. The summed E-state index contributed by atoms with van der Waals surface area (Å²) in [6.45, 7) is 3.06. The summed E-state index contributed by atoms with van der Waals surface area (Å²) in [4.78, 5) is 0.755. The van der Waals surface area contributed by atoms with Gasteiger partial charge >= 0.3 is 0 Å². The van der Waals surface area contributed by atoms with E-state index in [-0.39, 0.29) is 0 Å². The van der Waals surface area contributed by atoms with Gasteiger partial charge in [-0.3, -0.25) is 0 Å². The van der Waals surface area contributed by atoms with E-state index in [9.17, 15) is 8.42 Å². The fourth-order valence-corrected chi connectivity index (χ4v) is 5.55. The Morgan fingerprint density at radius 2 is 1.74 bits per heavy atom. The van der Waals surface area contributed by atoms with Crippen LogP contribution in [0.4, 0.5) is 0 Å². The maximum absolute atomic E-state index is 12.6. The summed E-state index contributed by atoms with van der Waals surface area (Å²) in [5.74, 6) is 0. The maximum Gasteiger partial charge on any atom is 0.244 e. The van der Waals surface area contributed by atoms with Gasteiger partial charge in [-0.2, -0.15) is 4.31 Å². The van der Waals surface area contributed by atoms with Crippen LogP contribution in [0.1, 0.15) is 18.4 Å². The van der Waals surface area contributed by atoms with E-state index >= 15 is 0 Å². The third-order valence-electron chi connectivity index (χ3n) is 3.21. The van der Waals surface area contributed by atoms with Crippen molar-refractivity contribution in [2.45, 2.75) is 29.5 Å². The van der Waals surface area contributed by atoms with Crippen LogP contribution in [0.3, 0.4) is 0 Å². The number of alkyl halides is 1. The first-order valence-corrected chi connectivity index (χ1v) is 9.86. The molecule has 1 aromatic rings. The topological polar surface area (TPSA) is 37.4 Å². The van der Waals surface area contributed by atoms with Gasteiger partial charge in [-0.15, -0.1) is 0 Å². The van der Waals surface area contributed by atoms with Crippen molar-refractivity contribution in [3.8, 4) is 0 Å². The molecule has 19 heavy (non-hydrogen) atoms. The zero-order valence-corrected chi connectivity index (χ0v) is 15.9. The molecule has 0 unspecified atom stereocenters. The van der Waals surface area contributed by atoms with Gasteiger partial charge in [0.1, 0.15) is 0 Å². The van der Waals surface area contributed by atoms with Crippen molar-refractivity contribution < 1.29 is 8.42 Å². The number of sulfonamides is 1. The van der Waals surface area contributed by atoms with Gasteiger partial charge in [0.05, 0.1) is 4.90 Å². The Bertz CT molecular complexity index is 581. The van der Waals surface area contributed by atoms with E-state index in [1.807, 2.05) is 13.0 Å². The van der Waals surface area contributed by atoms with Crippen LogP contribution in [0.2, 0.25) is 0 Å². The molecule has 1 aromatic carbocycles. The number of rotatable bonds is 2. The van der Waals surface area contributed by atoms with E-state index < -0.39 is 10.0 Å². The zero-order chi connectivity index (χ0) is 14.2. The molecule has 0 bridgehead atoms. The van der Waals surface area contributed by atoms with Crippen LogP contribution in [-0.2, 0) is 10.0 Å². The molecule has 1 aliphatic rings. The zero-order valence-electron chi connectivity index (χ0n) is 10.4. The summed E-state index contributed by atoms with van der Waals surface area (Å²) in [5.41, 5.74) is 1.00. The normalized spacial score (nSPS) is 18.7. The number of piperidine rings is 1. The minimum absolute atomic E-state index is 0.331. The van der Waals surface area contributed by atoms with Gasteiger partial charge in [0.2, 0.25) is 10.0 Å². The van der Waals surface area contributed by atoms with Gasteiger partial charge < -0.3 is 0 Å². The van der Waals surface area contributed by atoms with E-state index in [4.69, 9.17) is 0 Å². The van der Waals surface area contributed by atoms with E-state index in [0.29, 0.717) is 27.3 Å². The van der Waals surface area contributed by atoms with Crippen LogP contribution < -0.4 is 0 Å². The number of benzene rings is 1. The highest BCUT2D eigenvalue weighted by Gasteiger charge is 2.30. The number of aryl methyl sites for hydroxylation is 1. The van der Waals surface area contributed by atoms with Crippen LogP contribution in [0.5, 0.6) is 0 Å². The van der Waals surface area contributed by atoms with Crippen molar-refractivity contribution in [3.63, 3.8) is 0 Å². The average Bonchev–Trinajstić information content (AvgIpc) is 2.34. The van der Waals surface area contributed by atoms with Gasteiger partial charge in [0, 0.05) is 26.9 Å². The molecule has 0 saturated carbocycles. The molecular formula is C12H14Br3NO2S. The van der Waals surface area contributed by atoms with Gasteiger partial charge in [-0.25, -0.2) is 8.42 Å². The molecule has 0 spiro atoms. The van der Waals surface area contributed by atoms with Gasteiger partial charge in [-0.05, 0) is 53.4 Å². The number of hydrogen-bond donors (Lipinski definition) is 0. The van der Waals surface area contributed by atoms with E-state index in [1.165, 1.54) is 0 Å². The number of nitrogens with zero attached hydrogens (tertiary/aromatic N) is 1. The summed E-state index contributed by atoms with van der Waals surface area (Å²) in [7, 11) is -3.42. The lowest BCUT2D eigenvalue weighted by molar-refractivity contribution is 0.354. The predicted octanol–water partition coefficient (Wildman–Crippen LogP) is 4.07. The summed E-state index contributed by atoms with van der Waals surface area (Å²) >= 11 is 10.3. The Morgan fingerprint density at radius 3 is 2.32 bits per heavy atom. The van der Waals surface area contributed by atoms with Crippen molar-refractivity contribution in [1.29, 1.82) is 0 Å². The monoisotopic (exact) mass is 473 g/mol. The van der Waals surface area contributed by atoms with Crippen LogP contribution in [0.25, 0.3) is 0 Å². The summed E-state index contributed by atoms with van der Waals surface area (Å²) < 4.78 is 28.3. The maximum atomic E-state index is 12.6. The highest BCUT2D eigenvalue weighted by molar-refractivity contribution is 9.11. The number of halogens is 3. The Balaban J connectivity index is 2.37. The highest BCUT2D eigenvalue weighted by atomic mass is 79.9. The Kier molecular flexibility index (Phi) is 5.15. The molecule has 106 valence electrons. The first-order chi connectivity index (χ1) is 8.82. The second-order valence-corrected chi connectivity index (χ2v) is 9.52. The third kappa shape index (κ3) is 3.43. The van der Waals surface area contributed by atoms with Crippen molar-refractivity contribution in [2.75, 3.05) is 13.1 Å². The first-order valence-electron chi connectivity index (χ1n) is 5.92. The van der Waals surface area contributed by atoms with Crippen LogP contribution in [-0.4, -0.2) is 30.6 Å². The van der Waals surface area contributed by atoms with Crippen molar-refractivity contribution in [1.82, 2.24) is 4.31 Å². The minimum atomic E-state index is -3.42. The minimum Gasteiger partial charge on any atom is -0.207 e.